The van der Waals surface area contributed by atoms with Gasteiger partial charge in [0.2, 0.25) is 11.8 Å². The molecule has 74 heavy (non-hydrogen) atoms. The van der Waals surface area contributed by atoms with E-state index < -0.39 is 11.9 Å². The number of pyridine rings is 1. The van der Waals surface area contributed by atoms with Crippen molar-refractivity contribution in [3.63, 3.8) is 0 Å². The van der Waals surface area contributed by atoms with Crippen LogP contribution in [0.1, 0.15) is 107 Å². The van der Waals surface area contributed by atoms with Crippen molar-refractivity contribution in [2.45, 2.75) is 90.2 Å². The second-order valence-electron chi connectivity index (χ2n) is 20.8. The number of piperazine rings is 1. The molecule has 1 unspecified atom stereocenters. The number of imide groups is 1. The average molecular weight is 1010 g/mol. The number of carboxylic acids is 1. The summed E-state index contributed by atoms with van der Waals surface area (Å²) in [4.78, 5) is 67.4. The number of carbonyl (C=O) groups is 4. The van der Waals surface area contributed by atoms with E-state index in [1.165, 1.54) is 29.9 Å². The third-order valence-electron chi connectivity index (χ3n) is 15.9. The smallest absolute Gasteiger partial charge is 0.355 e. The summed E-state index contributed by atoms with van der Waals surface area (Å²) in [5.41, 5.74) is 8.52. The van der Waals surface area contributed by atoms with Crippen LogP contribution in [0.3, 0.4) is 0 Å². The lowest BCUT2D eigenvalue weighted by Gasteiger charge is -2.37. The molecule has 3 aliphatic heterocycles. The van der Waals surface area contributed by atoms with Gasteiger partial charge in [0.05, 0.1) is 33.4 Å². The first-order valence-electron chi connectivity index (χ1n) is 26.2. The minimum atomic E-state index is -1.10. The Bertz CT molecular complexity index is 3250. The van der Waals surface area contributed by atoms with Gasteiger partial charge in [0, 0.05) is 74.9 Å². The summed E-state index contributed by atoms with van der Waals surface area (Å²) in [6, 6.07) is 29.6. The average Bonchev–Trinajstić information content (AvgIpc) is 3.98. The van der Waals surface area contributed by atoms with Gasteiger partial charge in [-0.1, -0.05) is 54.7 Å². The number of hydrogen-bond acceptors (Lipinski definition) is 12. The maximum absolute atomic E-state index is 13.7. The van der Waals surface area contributed by atoms with Gasteiger partial charge in [0.1, 0.15) is 11.6 Å². The second kappa shape index (κ2) is 21.0. The fourth-order valence-corrected chi connectivity index (χ4v) is 12.6. The molecule has 4 aliphatic rings. The maximum Gasteiger partial charge on any atom is 0.355 e. The minimum Gasteiger partial charge on any atom is -0.490 e. The Kier molecular flexibility index (Phi) is 13.9. The molecule has 1 aliphatic carbocycles. The number of nitrogens with zero attached hydrogens (tertiary/aromatic N) is 7. The van der Waals surface area contributed by atoms with Crippen LogP contribution in [-0.2, 0) is 29.6 Å². The molecule has 6 heterocycles. The van der Waals surface area contributed by atoms with Crippen LogP contribution in [0.15, 0.2) is 91.0 Å². The molecule has 3 N–H and O–H groups in total. The Labute approximate surface area is 434 Å². The number of fused-ring (bicyclic) bond motifs is 3. The van der Waals surface area contributed by atoms with Gasteiger partial charge in [-0.25, -0.2) is 14.8 Å². The third kappa shape index (κ3) is 10.2. The van der Waals surface area contributed by atoms with Crippen molar-refractivity contribution in [1.29, 1.82) is 0 Å². The molecule has 16 heteroatoms. The molecule has 382 valence electrons. The van der Waals surface area contributed by atoms with E-state index in [1.807, 2.05) is 85.4 Å². The molecule has 0 radical (unpaired) electrons. The summed E-state index contributed by atoms with van der Waals surface area (Å²) >= 11 is 1.44. The number of benzene rings is 4. The summed E-state index contributed by atoms with van der Waals surface area (Å²) in [5, 5.41) is 22.3. The van der Waals surface area contributed by atoms with Crippen molar-refractivity contribution in [1.82, 2.24) is 30.0 Å². The largest absolute Gasteiger partial charge is 0.490 e. The topological polar surface area (TPSA) is 175 Å². The highest BCUT2D eigenvalue weighted by atomic mass is 32.1. The predicted octanol–water partition coefficient (Wildman–Crippen LogP) is 9.76. The van der Waals surface area contributed by atoms with Crippen LogP contribution in [0, 0.1) is 18.8 Å². The van der Waals surface area contributed by atoms with Crippen molar-refractivity contribution >= 4 is 72.8 Å². The van der Waals surface area contributed by atoms with Crippen molar-refractivity contribution in [2.75, 3.05) is 54.4 Å². The molecule has 11 rings (SSSR count). The number of aromatic nitrogens is 4. The molecule has 2 saturated heterocycles. The van der Waals surface area contributed by atoms with Gasteiger partial charge in [0.15, 0.2) is 10.8 Å². The van der Waals surface area contributed by atoms with Gasteiger partial charge in [-0.05, 0) is 154 Å². The first-order valence-corrected chi connectivity index (χ1v) is 27.0. The van der Waals surface area contributed by atoms with Gasteiger partial charge >= 0.3 is 5.97 Å². The lowest BCUT2D eigenvalue weighted by molar-refractivity contribution is -0.134. The number of amides is 3. The number of rotatable bonds is 14. The number of anilines is 3. The van der Waals surface area contributed by atoms with Crippen LogP contribution < -0.4 is 25.2 Å². The Morgan fingerprint density at radius 1 is 0.865 bits per heavy atom. The van der Waals surface area contributed by atoms with Crippen LogP contribution in [0.2, 0.25) is 0 Å². The van der Waals surface area contributed by atoms with E-state index in [4.69, 9.17) is 14.8 Å². The molecule has 0 bridgehead atoms. The minimum absolute atomic E-state index is 0.0177. The summed E-state index contributed by atoms with van der Waals surface area (Å²) < 4.78 is 9.57. The number of ether oxygens (including phenoxy) is 1. The molecule has 1 saturated carbocycles. The van der Waals surface area contributed by atoms with Gasteiger partial charge in [-0.15, -0.1) is 0 Å². The normalized spacial score (nSPS) is 19.9. The molecule has 15 nitrogen and oxygen atoms in total. The molecular weight excluding hydrogens is 951 g/mol. The van der Waals surface area contributed by atoms with Gasteiger partial charge in [-0.3, -0.25) is 34.6 Å². The summed E-state index contributed by atoms with van der Waals surface area (Å²) in [5.74, 6) is 0.432. The highest BCUT2D eigenvalue weighted by Gasteiger charge is 2.33. The van der Waals surface area contributed by atoms with Gasteiger partial charge in [-0.2, -0.15) is 5.10 Å². The molecule has 7 aromatic rings. The van der Waals surface area contributed by atoms with E-state index in [0.717, 1.165) is 113 Å². The lowest BCUT2D eigenvalue weighted by Crippen LogP contribution is -2.46. The number of para-hydroxylation sites is 1. The first-order chi connectivity index (χ1) is 35.9. The van der Waals surface area contributed by atoms with E-state index in [-0.39, 0.29) is 29.5 Å². The van der Waals surface area contributed by atoms with Crippen molar-refractivity contribution in [2.24, 2.45) is 18.9 Å². The van der Waals surface area contributed by atoms with E-state index in [9.17, 15) is 24.3 Å². The van der Waals surface area contributed by atoms with Crippen molar-refractivity contribution < 1.29 is 29.0 Å². The quantitative estimate of drug-likeness (QED) is 0.0882. The summed E-state index contributed by atoms with van der Waals surface area (Å²) in [6.07, 6.45) is 8.27. The Balaban J connectivity index is 0.657. The third-order valence-corrected chi connectivity index (χ3v) is 16.9. The van der Waals surface area contributed by atoms with Crippen LogP contribution >= 0.6 is 11.3 Å². The summed E-state index contributed by atoms with van der Waals surface area (Å²) in [7, 11) is 1.92. The molecular formula is C58H63N9O6S. The molecule has 3 fully saturated rings. The molecule has 3 amide bonds. The monoisotopic (exact) mass is 1010 g/mol. The molecule has 2 atom stereocenters. The number of aromatic carboxylic acids is 1. The van der Waals surface area contributed by atoms with Gasteiger partial charge in [0.25, 0.3) is 5.91 Å². The highest BCUT2D eigenvalue weighted by molar-refractivity contribution is 7.22. The van der Waals surface area contributed by atoms with Crippen molar-refractivity contribution in [3.05, 3.63) is 125 Å². The van der Waals surface area contributed by atoms with Crippen LogP contribution in [0.25, 0.3) is 32.2 Å². The van der Waals surface area contributed by atoms with E-state index in [1.54, 1.807) is 0 Å². The Morgan fingerprint density at radius 3 is 2.47 bits per heavy atom. The van der Waals surface area contributed by atoms with Gasteiger partial charge < -0.3 is 19.6 Å². The maximum atomic E-state index is 13.7. The van der Waals surface area contributed by atoms with Crippen LogP contribution in [0.5, 0.6) is 5.75 Å². The number of carbonyl (C=O) groups excluding carboxylic acids is 3. The zero-order valence-electron chi connectivity index (χ0n) is 42.3. The van der Waals surface area contributed by atoms with Crippen LogP contribution in [0.4, 0.5) is 16.6 Å². The summed E-state index contributed by atoms with van der Waals surface area (Å²) in [6.45, 7) is 10.5. The second-order valence-corrected chi connectivity index (χ2v) is 21.8. The molecule has 0 spiro atoms. The fourth-order valence-electron chi connectivity index (χ4n) is 11.8. The zero-order valence-corrected chi connectivity index (χ0v) is 43.1. The Morgan fingerprint density at radius 2 is 1.68 bits per heavy atom. The van der Waals surface area contributed by atoms with E-state index >= 15 is 0 Å². The predicted molar refractivity (Wildman–Crippen MR) is 289 cm³/mol. The standard InChI is InChI=1S/C58H63N9O6S/c1-35(24-26-65-28-30-66(31-29-65)39-16-19-44-48(33-39)64(3)63-53(44)45-21-23-52(68)61-56(45)70)32-37-14-17-40(18-15-37)73-49-12-7-9-41(36(49)2)42-20-22-51(60-54(42)57(71)72)67-27-25-38-8-6-10-43(46(38)34-67)55(69)62-58-59-47-11-4-5-13-50(47)74-58/h4-13,16,19-20,22,33,35,37,40,45H,14-15,17-18,21,23-32,34H2,1-3H3,(H,71,72)(H,59,62,69)(H,61,68,70)/t35-,37?,40?,45?/m1/s1. The van der Waals surface area contributed by atoms with Crippen molar-refractivity contribution in [3.8, 4) is 16.9 Å². The number of thiazole rings is 1. The number of aryl methyl sites for hydroxylation is 1. The number of carboxylic acid groups (broad SMARTS) is 1. The van der Waals surface area contributed by atoms with E-state index in [0.29, 0.717) is 66.3 Å². The number of piperidine rings is 1. The highest BCUT2D eigenvalue weighted by Crippen LogP contribution is 2.38. The van der Waals surface area contributed by atoms with E-state index in [2.05, 4.69) is 61.5 Å². The Hall–Kier alpha value is -7.17. The fraction of sp³-hybridized carbons (Fsp3) is 0.397. The SMILES string of the molecule is Cc1c(OC2CCC(C[C@H](C)CCN3CCN(c4ccc5c(C6CCC(=O)NC6=O)nn(C)c5c4)CC3)CC2)cccc1-c1ccc(N2CCc3cccc(C(=O)Nc4nc5ccccc5s4)c3C2)nc1C(=O)O. The molecule has 4 aromatic carbocycles. The number of hydrogen-bond donors (Lipinski definition) is 3. The number of nitrogens with one attached hydrogen (secondary N) is 2. The zero-order chi connectivity index (χ0) is 51.0. The first kappa shape index (κ1) is 49.1. The molecule has 3 aromatic heterocycles. The lowest BCUT2D eigenvalue weighted by atomic mass is 9.81. The van der Waals surface area contributed by atoms with Crippen LogP contribution in [-0.4, -0.2) is 98.8 Å².